The summed E-state index contributed by atoms with van der Waals surface area (Å²) < 4.78 is 13.0. The van der Waals surface area contributed by atoms with Crippen LogP contribution in [0.2, 0.25) is 0 Å². The molecule has 0 fully saturated rings. The van der Waals surface area contributed by atoms with Crippen LogP contribution in [0.25, 0.3) is 11.3 Å². The second-order valence-electron chi connectivity index (χ2n) is 5.75. The molecular formula is C17H17ClFN5OS. The van der Waals surface area contributed by atoms with E-state index >= 15 is 0 Å². The molecule has 0 bridgehead atoms. The molecule has 0 atom stereocenters. The van der Waals surface area contributed by atoms with Gasteiger partial charge in [0, 0.05) is 23.1 Å². The molecule has 26 heavy (non-hydrogen) atoms. The van der Waals surface area contributed by atoms with E-state index in [0.717, 1.165) is 34.1 Å². The van der Waals surface area contributed by atoms with Crippen LogP contribution < -0.4 is 16.2 Å². The molecule has 2 aromatic heterocycles. The van der Waals surface area contributed by atoms with Gasteiger partial charge in [0.25, 0.3) is 5.56 Å². The van der Waals surface area contributed by atoms with E-state index in [0.29, 0.717) is 25.5 Å². The van der Waals surface area contributed by atoms with E-state index in [1.54, 1.807) is 12.1 Å². The fourth-order valence-corrected chi connectivity index (χ4v) is 3.50. The Hall–Kier alpha value is -2.29. The Bertz CT molecular complexity index is 957. The Morgan fingerprint density at radius 2 is 2.04 bits per heavy atom. The molecule has 1 aliphatic heterocycles. The van der Waals surface area contributed by atoms with E-state index in [2.05, 4.69) is 25.6 Å². The van der Waals surface area contributed by atoms with Gasteiger partial charge in [0.05, 0.1) is 17.9 Å². The Morgan fingerprint density at radius 1 is 1.23 bits per heavy atom. The third kappa shape index (κ3) is 3.92. The molecule has 0 aliphatic carbocycles. The number of anilines is 1. The van der Waals surface area contributed by atoms with Crippen LogP contribution in [0.3, 0.4) is 0 Å². The summed E-state index contributed by atoms with van der Waals surface area (Å²) in [5, 5.41) is 9.12. The monoisotopic (exact) mass is 393 g/mol. The summed E-state index contributed by atoms with van der Waals surface area (Å²) in [6.45, 7) is 1.87. The summed E-state index contributed by atoms with van der Waals surface area (Å²) >= 11 is 1.50. The maximum atomic E-state index is 13.0. The normalized spacial score (nSPS) is 13.0. The minimum absolute atomic E-state index is 0. The zero-order chi connectivity index (χ0) is 17.2. The van der Waals surface area contributed by atoms with Crippen molar-refractivity contribution in [2.45, 2.75) is 19.5 Å². The average molecular weight is 394 g/mol. The van der Waals surface area contributed by atoms with Crippen LogP contribution in [-0.2, 0) is 19.5 Å². The summed E-state index contributed by atoms with van der Waals surface area (Å²) in [5.41, 5.74) is 3.15. The molecule has 0 saturated heterocycles. The third-order valence-electron chi connectivity index (χ3n) is 4.04. The molecule has 3 heterocycles. The van der Waals surface area contributed by atoms with E-state index in [9.17, 15) is 9.18 Å². The van der Waals surface area contributed by atoms with Gasteiger partial charge in [-0.15, -0.1) is 23.7 Å². The lowest BCUT2D eigenvalue weighted by Crippen LogP contribution is -2.31. The second-order valence-corrected chi connectivity index (χ2v) is 6.70. The average Bonchev–Trinajstić information content (AvgIpc) is 3.10. The smallest absolute Gasteiger partial charge is 0.255 e. The van der Waals surface area contributed by atoms with Gasteiger partial charge in [-0.1, -0.05) is 0 Å². The molecule has 3 aromatic rings. The number of H-pyrrole nitrogens is 1. The Morgan fingerprint density at radius 3 is 2.85 bits per heavy atom. The van der Waals surface area contributed by atoms with Crippen LogP contribution in [0.1, 0.15) is 16.3 Å². The zero-order valence-electron chi connectivity index (χ0n) is 13.7. The van der Waals surface area contributed by atoms with Crippen molar-refractivity contribution < 1.29 is 4.39 Å². The summed E-state index contributed by atoms with van der Waals surface area (Å²) in [6, 6.07) is 6.25. The highest BCUT2D eigenvalue weighted by Crippen LogP contribution is 2.22. The first kappa shape index (κ1) is 18.5. The fourth-order valence-electron chi connectivity index (χ4n) is 2.76. The molecule has 0 radical (unpaired) electrons. The highest BCUT2D eigenvalue weighted by molar-refractivity contribution is 7.09. The van der Waals surface area contributed by atoms with Crippen molar-refractivity contribution in [2.75, 3.05) is 11.9 Å². The SMILES string of the molecule is Cl.O=c1[nH]c(NCc2nc(-c3ccc(F)cc3)cs2)nc2c1CCNC2. The van der Waals surface area contributed by atoms with E-state index in [1.807, 2.05) is 5.38 Å². The number of hydrogen-bond donors (Lipinski definition) is 3. The first-order chi connectivity index (χ1) is 12.2. The molecular weight excluding hydrogens is 377 g/mol. The van der Waals surface area contributed by atoms with E-state index in [1.165, 1.54) is 23.5 Å². The van der Waals surface area contributed by atoms with Gasteiger partial charge in [-0.2, -0.15) is 0 Å². The van der Waals surface area contributed by atoms with Crippen LogP contribution in [0.5, 0.6) is 0 Å². The van der Waals surface area contributed by atoms with Crippen molar-refractivity contribution in [2.24, 2.45) is 0 Å². The number of halogens is 2. The predicted octanol–water partition coefficient (Wildman–Crippen LogP) is 2.71. The summed E-state index contributed by atoms with van der Waals surface area (Å²) in [6.07, 6.45) is 0.700. The minimum atomic E-state index is -0.266. The van der Waals surface area contributed by atoms with Crippen molar-refractivity contribution in [3.63, 3.8) is 0 Å². The first-order valence-corrected chi connectivity index (χ1v) is 8.84. The van der Waals surface area contributed by atoms with Crippen molar-refractivity contribution in [1.82, 2.24) is 20.3 Å². The number of aromatic amines is 1. The van der Waals surface area contributed by atoms with Crippen LogP contribution >= 0.6 is 23.7 Å². The lowest BCUT2D eigenvalue weighted by molar-refractivity contribution is 0.619. The Labute approximate surface area is 159 Å². The minimum Gasteiger partial charge on any atom is -0.349 e. The van der Waals surface area contributed by atoms with Gasteiger partial charge in [-0.25, -0.2) is 14.4 Å². The molecule has 4 rings (SSSR count). The number of nitrogens with zero attached hydrogens (tertiary/aromatic N) is 2. The lowest BCUT2D eigenvalue weighted by Gasteiger charge is -2.16. The Balaban J connectivity index is 0.00000196. The highest BCUT2D eigenvalue weighted by atomic mass is 35.5. The fraction of sp³-hybridized carbons (Fsp3) is 0.235. The number of fused-ring (bicyclic) bond motifs is 1. The molecule has 136 valence electrons. The van der Waals surface area contributed by atoms with Gasteiger partial charge in [-0.3, -0.25) is 9.78 Å². The highest BCUT2D eigenvalue weighted by Gasteiger charge is 2.15. The Kier molecular flexibility index (Phi) is 5.65. The van der Waals surface area contributed by atoms with Gasteiger partial charge < -0.3 is 10.6 Å². The predicted molar refractivity (Wildman–Crippen MR) is 102 cm³/mol. The van der Waals surface area contributed by atoms with Crippen molar-refractivity contribution in [3.05, 3.63) is 62.1 Å². The molecule has 9 heteroatoms. The lowest BCUT2D eigenvalue weighted by atomic mass is 10.1. The number of nitrogens with one attached hydrogen (secondary N) is 3. The van der Waals surface area contributed by atoms with Crippen LogP contribution in [-0.4, -0.2) is 21.5 Å². The summed E-state index contributed by atoms with van der Waals surface area (Å²) in [7, 11) is 0. The van der Waals surface area contributed by atoms with Gasteiger partial charge in [0.2, 0.25) is 5.95 Å². The van der Waals surface area contributed by atoms with E-state index < -0.39 is 0 Å². The van der Waals surface area contributed by atoms with Gasteiger partial charge in [0.15, 0.2) is 0 Å². The number of rotatable bonds is 4. The molecule has 1 aliphatic rings. The number of aromatic nitrogens is 3. The standard InChI is InChI=1S/C17H16FN5OS.ClH/c18-11-3-1-10(2-4-11)14-9-25-15(21-14)8-20-17-22-13-7-19-6-5-12(13)16(24)23-17;/h1-4,9,19H,5-8H2,(H2,20,22,23,24);1H. The summed E-state index contributed by atoms with van der Waals surface area (Å²) in [5.74, 6) is 0.184. The molecule has 3 N–H and O–H groups in total. The van der Waals surface area contributed by atoms with E-state index in [-0.39, 0.29) is 23.8 Å². The molecule has 0 spiro atoms. The zero-order valence-corrected chi connectivity index (χ0v) is 15.3. The van der Waals surface area contributed by atoms with Crippen molar-refractivity contribution in [1.29, 1.82) is 0 Å². The quantitative estimate of drug-likeness (QED) is 0.634. The molecule has 0 amide bonds. The maximum Gasteiger partial charge on any atom is 0.255 e. The van der Waals surface area contributed by atoms with Gasteiger partial charge >= 0.3 is 0 Å². The van der Waals surface area contributed by atoms with Crippen molar-refractivity contribution >= 4 is 29.7 Å². The van der Waals surface area contributed by atoms with Gasteiger partial charge in [-0.05, 0) is 37.2 Å². The van der Waals surface area contributed by atoms with E-state index in [4.69, 9.17) is 0 Å². The van der Waals surface area contributed by atoms with Crippen LogP contribution in [0.15, 0.2) is 34.4 Å². The topological polar surface area (TPSA) is 82.7 Å². The van der Waals surface area contributed by atoms with Crippen LogP contribution in [0, 0.1) is 5.82 Å². The third-order valence-corrected chi connectivity index (χ3v) is 4.89. The molecule has 6 nitrogen and oxygen atoms in total. The molecule has 0 unspecified atom stereocenters. The largest absolute Gasteiger partial charge is 0.349 e. The van der Waals surface area contributed by atoms with Gasteiger partial charge in [0.1, 0.15) is 10.8 Å². The number of hydrogen-bond acceptors (Lipinski definition) is 6. The summed E-state index contributed by atoms with van der Waals surface area (Å²) in [4.78, 5) is 23.9. The first-order valence-electron chi connectivity index (χ1n) is 7.96. The van der Waals surface area contributed by atoms with Crippen LogP contribution in [0.4, 0.5) is 10.3 Å². The van der Waals surface area contributed by atoms with Crippen molar-refractivity contribution in [3.8, 4) is 11.3 Å². The number of benzene rings is 1. The molecule has 1 aromatic carbocycles. The molecule has 0 saturated carbocycles. The number of thiazole rings is 1. The maximum absolute atomic E-state index is 13.0. The second kappa shape index (κ2) is 7.94.